The first-order valence-corrected chi connectivity index (χ1v) is 4.16. The van der Waals surface area contributed by atoms with E-state index in [-0.39, 0.29) is 6.42 Å². The summed E-state index contributed by atoms with van der Waals surface area (Å²) in [4.78, 5) is 10.6. The van der Waals surface area contributed by atoms with Crippen molar-refractivity contribution in [2.45, 2.75) is 31.8 Å². The fraction of sp³-hybridized carbons (Fsp3) is 0.875. The fourth-order valence-corrected chi connectivity index (χ4v) is 2.06. The second-order valence-corrected chi connectivity index (χ2v) is 4.11. The highest BCUT2D eigenvalue weighted by Gasteiger charge is 2.75. The molecule has 0 aromatic carbocycles. The lowest BCUT2D eigenvalue weighted by atomic mass is 9.85. The van der Waals surface area contributed by atoms with Crippen molar-refractivity contribution in [3.8, 4) is 0 Å². The van der Waals surface area contributed by atoms with Gasteiger partial charge in [0.15, 0.2) is 11.6 Å². The van der Waals surface area contributed by atoms with Crippen LogP contribution in [0.3, 0.4) is 0 Å². The molecule has 1 atom stereocenters. The average molecular weight is 206 g/mol. The molecule has 0 aliphatic heterocycles. The van der Waals surface area contributed by atoms with Crippen LogP contribution in [0.15, 0.2) is 0 Å². The minimum absolute atomic E-state index is 0.171. The van der Waals surface area contributed by atoms with Gasteiger partial charge in [-0.15, -0.1) is 0 Å². The van der Waals surface area contributed by atoms with Gasteiger partial charge in [-0.25, -0.2) is 0 Å². The van der Waals surface area contributed by atoms with Crippen molar-refractivity contribution in [3.05, 3.63) is 0 Å². The summed E-state index contributed by atoms with van der Waals surface area (Å²) in [5, 5.41) is 46.0. The van der Waals surface area contributed by atoms with Crippen molar-refractivity contribution in [1.29, 1.82) is 0 Å². The quantitative estimate of drug-likeness (QED) is 0.358. The normalized spacial score (nSPS) is 26.0. The number of hydrogen-bond acceptors (Lipinski definition) is 5. The summed E-state index contributed by atoms with van der Waals surface area (Å²) in [6, 6.07) is 0. The molecule has 0 aromatic rings. The van der Waals surface area contributed by atoms with Gasteiger partial charge in [0, 0.05) is 0 Å². The van der Waals surface area contributed by atoms with Crippen LogP contribution in [0, 0.1) is 11.3 Å². The summed E-state index contributed by atoms with van der Waals surface area (Å²) in [7, 11) is 0. The van der Waals surface area contributed by atoms with Gasteiger partial charge in [0.1, 0.15) is 0 Å². The third-order valence-electron chi connectivity index (χ3n) is 2.95. The predicted molar refractivity (Wildman–Crippen MR) is 43.9 cm³/mol. The SMILES string of the molecule is CC(O)(O)C1(C(C)(O)O)CC1C(=O)O. The Kier molecular flexibility index (Phi) is 2.17. The molecule has 6 nitrogen and oxygen atoms in total. The molecule has 82 valence electrons. The zero-order valence-electron chi connectivity index (χ0n) is 7.93. The molecule has 6 heteroatoms. The molecular formula is C8H14O6. The number of hydrogen-bond donors (Lipinski definition) is 5. The molecule has 5 N–H and O–H groups in total. The van der Waals surface area contributed by atoms with E-state index in [2.05, 4.69) is 0 Å². The summed E-state index contributed by atoms with van der Waals surface area (Å²) in [5.74, 6) is -7.29. The summed E-state index contributed by atoms with van der Waals surface area (Å²) in [5.41, 5.74) is -1.81. The molecule has 0 saturated heterocycles. The maximum Gasteiger partial charge on any atom is 0.307 e. The van der Waals surface area contributed by atoms with Crippen molar-refractivity contribution in [3.63, 3.8) is 0 Å². The molecule has 1 unspecified atom stereocenters. The highest BCUT2D eigenvalue weighted by Crippen LogP contribution is 2.64. The molecule has 1 aliphatic rings. The van der Waals surface area contributed by atoms with Crippen molar-refractivity contribution in [2.75, 3.05) is 0 Å². The van der Waals surface area contributed by atoms with Crippen LogP contribution in [0.4, 0.5) is 0 Å². The van der Waals surface area contributed by atoms with Crippen LogP contribution in [0.1, 0.15) is 20.3 Å². The molecule has 0 spiro atoms. The van der Waals surface area contributed by atoms with Gasteiger partial charge < -0.3 is 25.5 Å². The van der Waals surface area contributed by atoms with Gasteiger partial charge in [-0.05, 0) is 20.3 Å². The minimum Gasteiger partial charge on any atom is -0.481 e. The van der Waals surface area contributed by atoms with E-state index in [1.807, 2.05) is 0 Å². The second kappa shape index (κ2) is 2.66. The molecule has 0 radical (unpaired) electrons. The van der Waals surface area contributed by atoms with Crippen molar-refractivity contribution in [2.24, 2.45) is 11.3 Å². The lowest BCUT2D eigenvalue weighted by Gasteiger charge is -2.36. The van der Waals surface area contributed by atoms with E-state index in [1.54, 1.807) is 0 Å². The monoisotopic (exact) mass is 206 g/mol. The van der Waals surface area contributed by atoms with E-state index >= 15 is 0 Å². The van der Waals surface area contributed by atoms with E-state index in [0.717, 1.165) is 13.8 Å². The Morgan fingerprint density at radius 1 is 1.21 bits per heavy atom. The zero-order valence-corrected chi connectivity index (χ0v) is 7.93. The lowest BCUT2D eigenvalue weighted by molar-refractivity contribution is -0.306. The highest BCUT2D eigenvalue weighted by molar-refractivity contribution is 5.75. The van der Waals surface area contributed by atoms with Crippen molar-refractivity contribution < 1.29 is 30.3 Å². The standard InChI is InChI=1S/C8H14O6/c1-6(11,12)8(7(2,13)14)3-4(8)5(9)10/h4,11-14H,3H2,1-2H3,(H,9,10). The summed E-state index contributed by atoms with van der Waals surface area (Å²) in [6.07, 6.45) is -0.171. The largest absolute Gasteiger partial charge is 0.481 e. The Morgan fingerprint density at radius 2 is 1.57 bits per heavy atom. The van der Waals surface area contributed by atoms with Crippen LogP contribution >= 0.6 is 0 Å². The Morgan fingerprint density at radius 3 is 1.64 bits per heavy atom. The predicted octanol–water partition coefficient (Wildman–Crippen LogP) is -1.52. The van der Waals surface area contributed by atoms with Gasteiger partial charge in [-0.2, -0.15) is 0 Å². The maximum absolute atomic E-state index is 10.6. The average Bonchev–Trinajstić information content (AvgIpc) is 2.54. The molecule has 1 aliphatic carbocycles. The Bertz CT molecular complexity index is 244. The van der Waals surface area contributed by atoms with Crippen molar-refractivity contribution in [1.82, 2.24) is 0 Å². The van der Waals surface area contributed by atoms with Crippen LogP contribution < -0.4 is 0 Å². The lowest BCUT2D eigenvalue weighted by Crippen LogP contribution is -2.53. The third-order valence-corrected chi connectivity index (χ3v) is 2.95. The maximum atomic E-state index is 10.6. The number of aliphatic carboxylic acids is 1. The first-order valence-electron chi connectivity index (χ1n) is 4.16. The molecule has 0 bridgehead atoms. The molecular weight excluding hydrogens is 192 g/mol. The number of aliphatic hydroxyl groups is 4. The van der Waals surface area contributed by atoms with E-state index in [9.17, 15) is 25.2 Å². The Hall–Kier alpha value is -0.690. The number of carboxylic acids is 1. The summed E-state index contributed by atoms with van der Waals surface area (Å²) >= 11 is 0. The van der Waals surface area contributed by atoms with Gasteiger partial charge in [0.05, 0.1) is 11.3 Å². The first kappa shape index (κ1) is 11.4. The van der Waals surface area contributed by atoms with E-state index in [0.29, 0.717) is 0 Å². The van der Waals surface area contributed by atoms with Crippen LogP contribution in [-0.2, 0) is 4.79 Å². The smallest absolute Gasteiger partial charge is 0.307 e. The van der Waals surface area contributed by atoms with Crippen LogP contribution in [0.25, 0.3) is 0 Å². The molecule has 14 heavy (non-hydrogen) atoms. The summed E-state index contributed by atoms with van der Waals surface area (Å²) < 4.78 is 0. The molecule has 0 amide bonds. The van der Waals surface area contributed by atoms with Gasteiger partial charge in [-0.1, -0.05) is 0 Å². The van der Waals surface area contributed by atoms with Crippen molar-refractivity contribution >= 4 is 5.97 Å². The Labute approximate surface area is 80.4 Å². The highest BCUT2D eigenvalue weighted by atomic mass is 16.5. The fourth-order valence-electron chi connectivity index (χ4n) is 2.06. The minimum atomic E-state index is -2.44. The van der Waals surface area contributed by atoms with Gasteiger partial charge >= 0.3 is 5.97 Å². The first-order chi connectivity index (χ1) is 6.04. The molecule has 1 rings (SSSR count). The Balaban J connectivity index is 3.05. The van der Waals surface area contributed by atoms with E-state index in [4.69, 9.17) is 5.11 Å². The van der Waals surface area contributed by atoms with Crippen LogP contribution in [0.2, 0.25) is 0 Å². The van der Waals surface area contributed by atoms with Crippen LogP contribution in [0.5, 0.6) is 0 Å². The van der Waals surface area contributed by atoms with E-state index < -0.39 is 28.9 Å². The third kappa shape index (κ3) is 1.31. The van der Waals surface area contributed by atoms with E-state index in [1.165, 1.54) is 0 Å². The summed E-state index contributed by atoms with van der Waals surface area (Å²) in [6.45, 7) is 1.89. The van der Waals surface area contributed by atoms with Gasteiger partial charge in [0.25, 0.3) is 0 Å². The molecule has 1 fully saturated rings. The van der Waals surface area contributed by atoms with Crippen LogP contribution in [-0.4, -0.2) is 43.1 Å². The van der Waals surface area contributed by atoms with Gasteiger partial charge in [0.2, 0.25) is 0 Å². The number of rotatable bonds is 3. The second-order valence-electron chi connectivity index (χ2n) is 4.11. The number of carboxylic acid groups (broad SMARTS) is 1. The molecule has 0 aromatic heterocycles. The number of carbonyl (C=O) groups is 1. The molecule has 0 heterocycles. The zero-order chi connectivity index (χ0) is 11.4. The van der Waals surface area contributed by atoms with Gasteiger partial charge in [-0.3, -0.25) is 4.79 Å². The molecule has 1 saturated carbocycles. The topological polar surface area (TPSA) is 118 Å².